The summed E-state index contributed by atoms with van der Waals surface area (Å²) >= 11 is 0. The van der Waals surface area contributed by atoms with Crippen LogP contribution in [0.15, 0.2) is 18.2 Å². The molecule has 0 spiro atoms. The van der Waals surface area contributed by atoms with Crippen LogP contribution < -0.4 is 10.5 Å². The number of ether oxygens (including phenoxy) is 1. The molecule has 1 aromatic carbocycles. The Hall–Kier alpha value is -2.41. The summed E-state index contributed by atoms with van der Waals surface area (Å²) in [7, 11) is 1.64. The van der Waals surface area contributed by atoms with Gasteiger partial charge in [0.25, 0.3) is 0 Å². The minimum atomic E-state index is 0.349. The van der Waals surface area contributed by atoms with Crippen LogP contribution in [0.1, 0.15) is 43.8 Å². The average Bonchev–Trinajstić information content (AvgIpc) is 3.41. The number of rotatable bonds is 5. The van der Waals surface area contributed by atoms with E-state index in [-0.39, 0.29) is 0 Å². The lowest BCUT2D eigenvalue weighted by Gasteiger charge is -2.31. The molecule has 1 saturated carbocycles. The monoisotopic (exact) mass is 366 g/mol. The van der Waals surface area contributed by atoms with Gasteiger partial charge in [0.1, 0.15) is 11.3 Å². The molecular formula is C20H26N6O. The summed E-state index contributed by atoms with van der Waals surface area (Å²) in [6, 6.07) is 5.84. The van der Waals surface area contributed by atoms with E-state index in [9.17, 15) is 0 Å². The Morgan fingerprint density at radius 3 is 2.93 bits per heavy atom. The van der Waals surface area contributed by atoms with E-state index in [2.05, 4.69) is 9.88 Å². The Bertz CT molecular complexity index is 979. The molecule has 2 aromatic heterocycles. The molecule has 142 valence electrons. The SMILES string of the molecule is COc1cccc2c1nc(N)n1nc([C@@H]3CCCN(CCC4CC4)C3)nc21. The Balaban J connectivity index is 1.48. The molecule has 1 atom stereocenters. The Morgan fingerprint density at radius 2 is 2.11 bits per heavy atom. The van der Waals surface area contributed by atoms with Crippen molar-refractivity contribution in [1.82, 2.24) is 24.5 Å². The van der Waals surface area contributed by atoms with E-state index in [1.807, 2.05) is 18.2 Å². The third-order valence-electron chi connectivity index (χ3n) is 5.95. The van der Waals surface area contributed by atoms with Crippen LogP contribution in [0, 0.1) is 5.92 Å². The van der Waals surface area contributed by atoms with Crippen molar-refractivity contribution in [3.05, 3.63) is 24.0 Å². The van der Waals surface area contributed by atoms with Gasteiger partial charge in [0.15, 0.2) is 11.5 Å². The molecular weight excluding hydrogens is 340 g/mol. The first-order valence-electron chi connectivity index (χ1n) is 9.94. The molecule has 0 amide bonds. The Kier molecular flexibility index (Phi) is 4.11. The number of aromatic nitrogens is 4. The minimum absolute atomic E-state index is 0.349. The number of nitrogens with two attached hydrogens (primary N) is 1. The molecule has 1 saturated heterocycles. The first-order chi connectivity index (χ1) is 13.2. The first kappa shape index (κ1) is 16.7. The summed E-state index contributed by atoms with van der Waals surface area (Å²) in [4.78, 5) is 12.0. The molecule has 27 heavy (non-hydrogen) atoms. The molecule has 1 aliphatic heterocycles. The molecule has 7 nitrogen and oxygen atoms in total. The number of fused-ring (bicyclic) bond motifs is 3. The molecule has 1 aliphatic carbocycles. The smallest absolute Gasteiger partial charge is 0.223 e. The fraction of sp³-hybridized carbons (Fsp3) is 0.550. The summed E-state index contributed by atoms with van der Waals surface area (Å²) in [6.45, 7) is 3.44. The zero-order valence-corrected chi connectivity index (χ0v) is 15.8. The molecule has 3 heterocycles. The van der Waals surface area contributed by atoms with Gasteiger partial charge in [-0.2, -0.15) is 4.52 Å². The molecule has 2 fully saturated rings. The van der Waals surface area contributed by atoms with Gasteiger partial charge in [-0.15, -0.1) is 5.10 Å². The van der Waals surface area contributed by atoms with E-state index < -0.39 is 0 Å². The standard InChI is InChI=1S/C20H26N6O/c1-27-16-6-2-5-15-17(16)22-20(21)26-19(15)23-18(24-26)14-4-3-10-25(12-14)11-9-13-7-8-13/h2,5-6,13-14H,3-4,7-12H2,1H3,(H2,21,22)/t14-/m1/s1. The van der Waals surface area contributed by atoms with Crippen molar-refractivity contribution >= 4 is 22.5 Å². The highest BCUT2D eigenvalue weighted by atomic mass is 16.5. The van der Waals surface area contributed by atoms with Crippen LogP contribution in [0.5, 0.6) is 5.75 Å². The second-order valence-electron chi connectivity index (χ2n) is 7.90. The van der Waals surface area contributed by atoms with Crippen molar-refractivity contribution in [1.29, 1.82) is 0 Å². The highest BCUT2D eigenvalue weighted by Gasteiger charge is 2.28. The topological polar surface area (TPSA) is 81.6 Å². The highest BCUT2D eigenvalue weighted by molar-refractivity contribution is 5.95. The second-order valence-corrected chi connectivity index (χ2v) is 7.90. The Morgan fingerprint density at radius 1 is 1.22 bits per heavy atom. The van der Waals surface area contributed by atoms with Crippen LogP contribution in [0.4, 0.5) is 5.95 Å². The fourth-order valence-corrected chi connectivity index (χ4v) is 4.22. The van der Waals surface area contributed by atoms with Gasteiger partial charge in [-0.25, -0.2) is 9.97 Å². The minimum Gasteiger partial charge on any atom is -0.494 e. The van der Waals surface area contributed by atoms with Crippen LogP contribution in [0.25, 0.3) is 16.6 Å². The van der Waals surface area contributed by atoms with E-state index in [1.165, 1.54) is 38.8 Å². The van der Waals surface area contributed by atoms with E-state index in [4.69, 9.17) is 20.6 Å². The van der Waals surface area contributed by atoms with Crippen molar-refractivity contribution in [2.75, 3.05) is 32.5 Å². The molecule has 3 aromatic rings. The lowest BCUT2D eigenvalue weighted by atomic mass is 9.97. The predicted octanol–water partition coefficient (Wildman–Crippen LogP) is 2.85. The summed E-state index contributed by atoms with van der Waals surface area (Å²) in [5.74, 6) is 3.27. The van der Waals surface area contributed by atoms with Crippen LogP contribution in [0.3, 0.4) is 0 Å². The third-order valence-corrected chi connectivity index (χ3v) is 5.95. The maximum Gasteiger partial charge on any atom is 0.223 e. The van der Waals surface area contributed by atoms with Crippen molar-refractivity contribution in [2.45, 2.75) is 38.0 Å². The van der Waals surface area contributed by atoms with Crippen molar-refractivity contribution in [3.63, 3.8) is 0 Å². The number of benzene rings is 1. The number of piperidine rings is 1. The maximum absolute atomic E-state index is 6.19. The quantitative estimate of drug-likeness (QED) is 0.748. The second kappa shape index (κ2) is 6.64. The van der Waals surface area contributed by atoms with Gasteiger partial charge in [-0.3, -0.25) is 0 Å². The summed E-state index contributed by atoms with van der Waals surface area (Å²) < 4.78 is 7.12. The van der Waals surface area contributed by atoms with Crippen molar-refractivity contribution in [2.24, 2.45) is 5.92 Å². The van der Waals surface area contributed by atoms with Crippen LogP contribution >= 0.6 is 0 Å². The van der Waals surface area contributed by atoms with Gasteiger partial charge in [-0.1, -0.05) is 18.9 Å². The predicted molar refractivity (Wildman–Crippen MR) is 105 cm³/mol. The number of para-hydroxylation sites is 1. The summed E-state index contributed by atoms with van der Waals surface area (Å²) in [5, 5.41) is 5.65. The number of methoxy groups -OCH3 is 1. The van der Waals surface area contributed by atoms with E-state index in [0.717, 1.165) is 41.3 Å². The van der Waals surface area contributed by atoms with Gasteiger partial charge in [0.05, 0.1) is 7.11 Å². The molecule has 0 bridgehead atoms. The highest BCUT2D eigenvalue weighted by Crippen LogP contribution is 2.34. The van der Waals surface area contributed by atoms with Gasteiger partial charge in [0, 0.05) is 17.8 Å². The number of nitrogen functional groups attached to an aromatic ring is 1. The first-order valence-corrected chi connectivity index (χ1v) is 9.94. The fourth-order valence-electron chi connectivity index (χ4n) is 4.22. The molecule has 5 rings (SSSR count). The van der Waals surface area contributed by atoms with Gasteiger partial charge in [0.2, 0.25) is 5.95 Å². The van der Waals surface area contributed by atoms with Crippen molar-refractivity contribution < 1.29 is 4.74 Å². The molecule has 7 heteroatoms. The Labute approximate surface area is 158 Å². The zero-order valence-electron chi connectivity index (χ0n) is 15.8. The van der Waals surface area contributed by atoms with E-state index in [0.29, 0.717) is 17.6 Å². The number of hydrogen-bond acceptors (Lipinski definition) is 6. The summed E-state index contributed by atoms with van der Waals surface area (Å²) in [6.07, 6.45) is 6.52. The number of anilines is 1. The molecule has 0 unspecified atom stereocenters. The molecule has 2 aliphatic rings. The van der Waals surface area contributed by atoms with E-state index in [1.54, 1.807) is 11.6 Å². The number of hydrogen-bond donors (Lipinski definition) is 1. The van der Waals surface area contributed by atoms with Crippen molar-refractivity contribution in [3.8, 4) is 5.75 Å². The average molecular weight is 366 g/mol. The lowest BCUT2D eigenvalue weighted by molar-refractivity contribution is 0.199. The third kappa shape index (κ3) is 3.10. The lowest BCUT2D eigenvalue weighted by Crippen LogP contribution is -2.35. The van der Waals surface area contributed by atoms with Gasteiger partial charge < -0.3 is 15.4 Å². The zero-order chi connectivity index (χ0) is 18.4. The molecule has 2 N–H and O–H groups in total. The van der Waals surface area contributed by atoms with E-state index >= 15 is 0 Å². The van der Waals surface area contributed by atoms with Crippen LogP contribution in [0.2, 0.25) is 0 Å². The van der Waals surface area contributed by atoms with Gasteiger partial charge >= 0.3 is 0 Å². The summed E-state index contributed by atoms with van der Waals surface area (Å²) in [5.41, 5.74) is 7.69. The number of likely N-dealkylation sites (tertiary alicyclic amines) is 1. The normalized spacial score (nSPS) is 21.1. The van der Waals surface area contributed by atoms with Crippen LogP contribution in [-0.4, -0.2) is 51.2 Å². The maximum atomic E-state index is 6.19. The largest absolute Gasteiger partial charge is 0.494 e. The van der Waals surface area contributed by atoms with Crippen LogP contribution in [-0.2, 0) is 0 Å². The molecule has 0 radical (unpaired) electrons. The van der Waals surface area contributed by atoms with Gasteiger partial charge in [-0.05, 0) is 50.4 Å². The number of nitrogens with zero attached hydrogens (tertiary/aromatic N) is 5.